The molecule has 2 aromatic rings. The van der Waals surface area contributed by atoms with Crippen LogP contribution in [0.2, 0.25) is 0 Å². The molecule has 0 spiro atoms. The van der Waals surface area contributed by atoms with Gasteiger partial charge < -0.3 is 11.2 Å². The van der Waals surface area contributed by atoms with Gasteiger partial charge in [-0.25, -0.2) is 9.07 Å². The van der Waals surface area contributed by atoms with Crippen molar-refractivity contribution in [3.63, 3.8) is 0 Å². The van der Waals surface area contributed by atoms with E-state index in [1.807, 2.05) is 20.8 Å². The number of carbonyl (C=O) groups excluding carboxylic acids is 1. The Bertz CT molecular complexity index is 688. The molecule has 3 N–H and O–H groups in total. The summed E-state index contributed by atoms with van der Waals surface area (Å²) in [7, 11) is 0. The van der Waals surface area contributed by atoms with Crippen molar-refractivity contribution in [1.29, 1.82) is 0 Å². The Balaban J connectivity index is 2.03. The van der Waals surface area contributed by atoms with Gasteiger partial charge in [0.1, 0.15) is 5.82 Å². The van der Waals surface area contributed by atoms with Gasteiger partial charge in [0.25, 0.3) is 0 Å². The molecule has 8 heteroatoms. The van der Waals surface area contributed by atoms with Crippen LogP contribution in [-0.2, 0) is 4.79 Å². The van der Waals surface area contributed by atoms with Gasteiger partial charge in [-0.05, 0) is 25.0 Å². The first-order valence-electron chi connectivity index (χ1n) is 7.27. The fourth-order valence-corrected chi connectivity index (χ4v) is 2.46. The van der Waals surface area contributed by atoms with Crippen molar-refractivity contribution in [3.8, 4) is 11.4 Å². The summed E-state index contributed by atoms with van der Waals surface area (Å²) in [6.45, 7) is 6.03. The second-order valence-corrected chi connectivity index (χ2v) is 6.49. The second-order valence-electron chi connectivity index (χ2n) is 5.54. The van der Waals surface area contributed by atoms with Crippen molar-refractivity contribution < 1.29 is 9.18 Å². The van der Waals surface area contributed by atoms with Crippen LogP contribution in [0.15, 0.2) is 29.4 Å². The Kier molecular flexibility index (Phi) is 5.59. The van der Waals surface area contributed by atoms with Gasteiger partial charge >= 0.3 is 0 Å². The van der Waals surface area contributed by atoms with Crippen LogP contribution in [0.1, 0.15) is 20.8 Å². The quantitative estimate of drug-likeness (QED) is 0.622. The third-order valence-electron chi connectivity index (χ3n) is 3.50. The zero-order chi connectivity index (χ0) is 17.0. The average Bonchev–Trinajstić information content (AvgIpc) is 2.86. The van der Waals surface area contributed by atoms with E-state index >= 15 is 0 Å². The van der Waals surface area contributed by atoms with Crippen LogP contribution in [-0.4, -0.2) is 32.6 Å². The van der Waals surface area contributed by atoms with Crippen LogP contribution in [0.5, 0.6) is 0 Å². The zero-order valence-electron chi connectivity index (χ0n) is 13.3. The van der Waals surface area contributed by atoms with E-state index in [2.05, 4.69) is 15.5 Å². The number of hydrogen-bond donors (Lipinski definition) is 2. The maximum atomic E-state index is 13.8. The molecule has 1 atom stereocenters. The maximum absolute atomic E-state index is 13.8. The minimum Gasteiger partial charge on any atom is -0.353 e. The molecule has 23 heavy (non-hydrogen) atoms. The summed E-state index contributed by atoms with van der Waals surface area (Å²) in [6, 6.07) is 6.28. The lowest BCUT2D eigenvalue weighted by atomic mass is 10.1. The summed E-state index contributed by atoms with van der Waals surface area (Å²) in [5, 5.41) is 11.1. The molecule has 1 heterocycles. The molecular weight excluding hydrogens is 317 g/mol. The van der Waals surface area contributed by atoms with E-state index < -0.39 is 5.82 Å². The highest BCUT2D eigenvalue weighted by Gasteiger charge is 2.17. The monoisotopic (exact) mass is 337 g/mol. The highest BCUT2D eigenvalue weighted by atomic mass is 32.2. The van der Waals surface area contributed by atoms with E-state index in [4.69, 9.17) is 5.84 Å². The Morgan fingerprint density at radius 2 is 2.04 bits per heavy atom. The standard InChI is InChI=1S/C15H20FN5OS/c1-9(2)10(3)18-13(22)8-23-15-20-19-14(21(15)17)11-6-4-5-7-12(11)16/h4-7,9-10H,8,17H2,1-3H3,(H,18,22). The molecule has 1 unspecified atom stereocenters. The second kappa shape index (κ2) is 7.45. The molecule has 2 rings (SSSR count). The van der Waals surface area contributed by atoms with Crippen molar-refractivity contribution in [2.45, 2.75) is 32.0 Å². The first kappa shape index (κ1) is 17.3. The van der Waals surface area contributed by atoms with Gasteiger partial charge in [0.2, 0.25) is 11.1 Å². The summed E-state index contributed by atoms with van der Waals surface area (Å²) >= 11 is 1.16. The van der Waals surface area contributed by atoms with Crippen molar-refractivity contribution in [1.82, 2.24) is 20.2 Å². The molecule has 0 bridgehead atoms. The number of nitrogens with two attached hydrogens (primary N) is 1. The van der Waals surface area contributed by atoms with E-state index in [9.17, 15) is 9.18 Å². The van der Waals surface area contributed by atoms with Gasteiger partial charge in [0, 0.05) is 6.04 Å². The van der Waals surface area contributed by atoms with Crippen LogP contribution < -0.4 is 11.2 Å². The van der Waals surface area contributed by atoms with Crippen molar-refractivity contribution in [2.24, 2.45) is 5.92 Å². The molecule has 0 aliphatic carbocycles. The Labute approximate surface area is 138 Å². The van der Waals surface area contributed by atoms with Gasteiger partial charge in [-0.3, -0.25) is 4.79 Å². The number of benzene rings is 1. The number of nitrogens with zero attached hydrogens (tertiary/aromatic N) is 3. The molecule has 124 valence electrons. The van der Waals surface area contributed by atoms with E-state index in [-0.39, 0.29) is 29.1 Å². The molecule has 0 aliphatic heterocycles. The van der Waals surface area contributed by atoms with Crippen LogP contribution >= 0.6 is 11.8 Å². The largest absolute Gasteiger partial charge is 0.353 e. The van der Waals surface area contributed by atoms with Crippen LogP contribution in [0.25, 0.3) is 11.4 Å². The van der Waals surface area contributed by atoms with Crippen LogP contribution in [0, 0.1) is 11.7 Å². The molecular formula is C15H20FN5OS. The topological polar surface area (TPSA) is 85.8 Å². The summed E-state index contributed by atoms with van der Waals surface area (Å²) in [5.41, 5.74) is 0.271. The number of rotatable bonds is 6. The average molecular weight is 337 g/mol. The number of amides is 1. The SMILES string of the molecule is CC(C)C(C)NC(=O)CSc1nnc(-c2ccccc2F)n1N. The molecule has 6 nitrogen and oxygen atoms in total. The Morgan fingerprint density at radius 3 is 2.70 bits per heavy atom. The van der Waals surface area contributed by atoms with E-state index in [1.165, 1.54) is 10.7 Å². The van der Waals surface area contributed by atoms with Gasteiger partial charge in [-0.15, -0.1) is 10.2 Å². The van der Waals surface area contributed by atoms with E-state index in [1.54, 1.807) is 18.2 Å². The molecule has 1 amide bonds. The number of hydrogen-bond acceptors (Lipinski definition) is 5. The molecule has 1 aromatic carbocycles. The lowest BCUT2D eigenvalue weighted by Crippen LogP contribution is -2.37. The van der Waals surface area contributed by atoms with Crippen molar-refractivity contribution >= 4 is 17.7 Å². The number of nitrogens with one attached hydrogen (secondary N) is 1. The molecule has 1 aromatic heterocycles. The first-order chi connectivity index (χ1) is 10.9. The normalized spacial score (nSPS) is 12.4. The fraction of sp³-hybridized carbons (Fsp3) is 0.400. The predicted molar refractivity (Wildman–Crippen MR) is 88.7 cm³/mol. The van der Waals surface area contributed by atoms with Crippen LogP contribution in [0.3, 0.4) is 0 Å². The third-order valence-corrected chi connectivity index (χ3v) is 4.44. The molecule has 0 radical (unpaired) electrons. The third kappa shape index (κ3) is 4.22. The first-order valence-corrected chi connectivity index (χ1v) is 8.26. The van der Waals surface area contributed by atoms with Gasteiger partial charge in [0.05, 0.1) is 11.3 Å². The number of aromatic nitrogens is 3. The lowest BCUT2D eigenvalue weighted by Gasteiger charge is -2.16. The molecule has 0 saturated heterocycles. The highest BCUT2D eigenvalue weighted by molar-refractivity contribution is 7.99. The minimum absolute atomic E-state index is 0.0906. The summed E-state index contributed by atoms with van der Waals surface area (Å²) in [4.78, 5) is 11.9. The highest BCUT2D eigenvalue weighted by Crippen LogP contribution is 2.23. The summed E-state index contributed by atoms with van der Waals surface area (Å²) in [5.74, 6) is 6.13. The maximum Gasteiger partial charge on any atom is 0.230 e. The Hall–Kier alpha value is -2.09. The summed E-state index contributed by atoms with van der Waals surface area (Å²) in [6.07, 6.45) is 0. The number of nitrogen functional groups attached to an aromatic ring is 1. The van der Waals surface area contributed by atoms with Gasteiger partial charge in [-0.2, -0.15) is 0 Å². The summed E-state index contributed by atoms with van der Waals surface area (Å²) < 4.78 is 15.0. The lowest BCUT2D eigenvalue weighted by molar-refractivity contribution is -0.119. The van der Waals surface area contributed by atoms with E-state index in [0.29, 0.717) is 11.1 Å². The van der Waals surface area contributed by atoms with Crippen molar-refractivity contribution in [2.75, 3.05) is 11.6 Å². The van der Waals surface area contributed by atoms with Gasteiger partial charge in [0.15, 0.2) is 5.82 Å². The Morgan fingerprint density at radius 1 is 1.35 bits per heavy atom. The fourth-order valence-electron chi connectivity index (χ4n) is 1.79. The molecule has 0 fully saturated rings. The predicted octanol–water partition coefficient (Wildman–Crippen LogP) is 2.05. The number of halogens is 1. The minimum atomic E-state index is -0.424. The van der Waals surface area contributed by atoms with Crippen molar-refractivity contribution in [3.05, 3.63) is 30.1 Å². The van der Waals surface area contributed by atoms with Gasteiger partial charge in [-0.1, -0.05) is 37.7 Å². The number of carbonyl (C=O) groups is 1. The van der Waals surface area contributed by atoms with Crippen LogP contribution in [0.4, 0.5) is 4.39 Å². The molecule has 0 saturated carbocycles. The zero-order valence-corrected chi connectivity index (χ0v) is 14.1. The molecule has 0 aliphatic rings. The number of thioether (sulfide) groups is 1. The smallest absolute Gasteiger partial charge is 0.230 e. The van der Waals surface area contributed by atoms with E-state index in [0.717, 1.165) is 11.8 Å².